The smallest absolute Gasteiger partial charge is 0.267 e. The van der Waals surface area contributed by atoms with Crippen LogP contribution >= 0.6 is 24.0 Å². The first kappa shape index (κ1) is 17.8. The zero-order valence-electron chi connectivity index (χ0n) is 13.2. The van der Waals surface area contributed by atoms with Gasteiger partial charge in [-0.25, -0.2) is 13.4 Å². The first-order chi connectivity index (χ1) is 11.9. The van der Waals surface area contributed by atoms with Crippen molar-refractivity contribution in [1.29, 1.82) is 0 Å². The molecule has 2 aromatic rings. The van der Waals surface area contributed by atoms with Crippen molar-refractivity contribution >= 4 is 50.3 Å². The normalized spacial score (nSPS) is 16.7. The lowest BCUT2D eigenvalue weighted by Crippen LogP contribution is -2.44. The average Bonchev–Trinajstić information content (AvgIpc) is 2.85. The van der Waals surface area contributed by atoms with Crippen LogP contribution in [0.4, 0.5) is 0 Å². The number of hydrogen-bond donors (Lipinski definition) is 1. The van der Waals surface area contributed by atoms with Crippen LogP contribution in [0.5, 0.6) is 0 Å². The molecule has 0 unspecified atom stereocenters. The summed E-state index contributed by atoms with van der Waals surface area (Å²) in [5, 5.41) is 0.891. The molecule has 1 N–H and O–H groups in total. The Morgan fingerprint density at radius 3 is 2.36 bits per heavy atom. The van der Waals surface area contributed by atoms with Crippen LogP contribution in [0.1, 0.15) is 11.1 Å². The van der Waals surface area contributed by atoms with Crippen molar-refractivity contribution in [3.63, 3.8) is 0 Å². The summed E-state index contributed by atoms with van der Waals surface area (Å²) >= 11 is 6.21. The molecule has 1 amide bonds. The number of amides is 1. The highest BCUT2D eigenvalue weighted by Crippen LogP contribution is 2.32. The Morgan fingerprint density at radius 1 is 1.08 bits per heavy atom. The summed E-state index contributed by atoms with van der Waals surface area (Å²) in [6.07, 6.45) is 1.69. The lowest BCUT2D eigenvalue weighted by atomic mass is 10.1. The van der Waals surface area contributed by atoms with Crippen LogP contribution in [-0.4, -0.2) is 23.7 Å². The number of nitrogens with one attached hydrogen (secondary N) is 1. The molecule has 1 aliphatic heterocycles. The molecule has 0 radical (unpaired) electrons. The van der Waals surface area contributed by atoms with Gasteiger partial charge in [-0.2, -0.15) is 0 Å². The third-order valence-electron chi connectivity index (χ3n) is 3.43. The van der Waals surface area contributed by atoms with E-state index < -0.39 is 15.9 Å². The van der Waals surface area contributed by atoms with Gasteiger partial charge in [-0.15, -0.1) is 4.83 Å². The van der Waals surface area contributed by atoms with Crippen molar-refractivity contribution in [3.05, 3.63) is 70.6 Å². The molecule has 128 valence electrons. The Morgan fingerprint density at radius 2 is 1.72 bits per heavy atom. The topological polar surface area (TPSA) is 66.5 Å². The third kappa shape index (κ3) is 3.98. The number of hydrogen-bond acceptors (Lipinski definition) is 5. The van der Waals surface area contributed by atoms with Gasteiger partial charge in [-0.1, -0.05) is 72.0 Å². The quantitative estimate of drug-likeness (QED) is 0.642. The van der Waals surface area contributed by atoms with Crippen LogP contribution in [0.25, 0.3) is 6.08 Å². The maximum absolute atomic E-state index is 12.5. The lowest BCUT2D eigenvalue weighted by Gasteiger charge is -2.15. The minimum absolute atomic E-state index is 0.0616. The van der Waals surface area contributed by atoms with E-state index in [-0.39, 0.29) is 9.22 Å². The van der Waals surface area contributed by atoms with Gasteiger partial charge in [0.25, 0.3) is 15.9 Å². The van der Waals surface area contributed by atoms with Gasteiger partial charge in [0.2, 0.25) is 0 Å². The summed E-state index contributed by atoms with van der Waals surface area (Å²) in [5.41, 5.74) is 1.96. The van der Waals surface area contributed by atoms with Crippen molar-refractivity contribution in [2.75, 3.05) is 0 Å². The van der Waals surface area contributed by atoms with Crippen LogP contribution in [-0.2, 0) is 14.8 Å². The fourth-order valence-corrected chi connectivity index (χ4v) is 4.46. The second kappa shape index (κ2) is 7.09. The molecule has 0 saturated carbocycles. The van der Waals surface area contributed by atoms with Gasteiger partial charge in [0.1, 0.15) is 0 Å². The van der Waals surface area contributed by atoms with Crippen molar-refractivity contribution < 1.29 is 13.2 Å². The third-order valence-corrected chi connectivity index (χ3v) is 6.05. The summed E-state index contributed by atoms with van der Waals surface area (Å²) in [6, 6.07) is 15.5. The fourth-order valence-electron chi connectivity index (χ4n) is 2.13. The lowest BCUT2D eigenvalue weighted by molar-refractivity contribution is -0.123. The van der Waals surface area contributed by atoms with E-state index in [1.807, 2.05) is 31.2 Å². The van der Waals surface area contributed by atoms with Crippen molar-refractivity contribution in [2.24, 2.45) is 0 Å². The Kier molecular flexibility index (Phi) is 5.05. The van der Waals surface area contributed by atoms with Gasteiger partial charge in [-0.05, 0) is 30.7 Å². The highest BCUT2D eigenvalue weighted by Gasteiger charge is 2.35. The number of benzene rings is 2. The summed E-state index contributed by atoms with van der Waals surface area (Å²) in [6.45, 7) is 1.97. The molecule has 0 aromatic heterocycles. The van der Waals surface area contributed by atoms with Gasteiger partial charge >= 0.3 is 0 Å². The minimum atomic E-state index is -3.88. The van der Waals surface area contributed by atoms with E-state index in [0.717, 1.165) is 27.9 Å². The molecule has 0 atom stereocenters. The molecule has 2 aromatic carbocycles. The molecule has 0 spiro atoms. The van der Waals surface area contributed by atoms with Crippen LogP contribution in [0.2, 0.25) is 0 Å². The molecule has 1 saturated heterocycles. The van der Waals surface area contributed by atoms with E-state index >= 15 is 0 Å². The van der Waals surface area contributed by atoms with E-state index in [4.69, 9.17) is 12.2 Å². The average molecular weight is 391 g/mol. The van der Waals surface area contributed by atoms with E-state index in [2.05, 4.69) is 4.83 Å². The standard InChI is InChI=1S/C17H14N2O3S3/c1-12-7-9-13(10-8-12)11-15-16(20)19(17(23)24-15)18-25(21,22)14-5-3-2-4-6-14/h2-11,18H,1H3. The van der Waals surface area contributed by atoms with Gasteiger partial charge in [0.05, 0.1) is 9.80 Å². The summed E-state index contributed by atoms with van der Waals surface area (Å²) in [7, 11) is -3.88. The first-order valence-electron chi connectivity index (χ1n) is 7.29. The van der Waals surface area contributed by atoms with Crippen LogP contribution in [0, 0.1) is 6.92 Å². The second-order valence-corrected chi connectivity index (χ2v) is 8.67. The Balaban J connectivity index is 1.83. The molecule has 1 fully saturated rings. The molecule has 5 nitrogen and oxygen atoms in total. The molecule has 3 rings (SSSR count). The predicted molar refractivity (Wildman–Crippen MR) is 103 cm³/mol. The highest BCUT2D eigenvalue weighted by molar-refractivity contribution is 8.26. The second-order valence-electron chi connectivity index (χ2n) is 5.34. The van der Waals surface area contributed by atoms with Gasteiger partial charge in [-0.3, -0.25) is 4.79 Å². The zero-order chi connectivity index (χ0) is 18.0. The SMILES string of the molecule is Cc1ccc(C=C2SC(=S)N(NS(=O)(=O)c3ccccc3)C2=O)cc1. The van der Waals surface area contributed by atoms with E-state index in [0.29, 0.717) is 4.91 Å². The molecule has 1 heterocycles. The molecule has 0 bridgehead atoms. The maximum atomic E-state index is 12.5. The molecular formula is C17H14N2O3S3. The van der Waals surface area contributed by atoms with Gasteiger partial charge in [0.15, 0.2) is 4.32 Å². The van der Waals surface area contributed by atoms with E-state index in [9.17, 15) is 13.2 Å². The Hall–Kier alpha value is -2.00. The number of hydrazine groups is 1. The summed E-state index contributed by atoms with van der Waals surface area (Å²) < 4.78 is 24.9. The first-order valence-corrected chi connectivity index (χ1v) is 10.00. The predicted octanol–water partition coefficient (Wildman–Crippen LogP) is 3.09. The number of rotatable bonds is 4. The number of thioether (sulfide) groups is 1. The van der Waals surface area contributed by atoms with Gasteiger partial charge < -0.3 is 0 Å². The van der Waals surface area contributed by atoms with Gasteiger partial charge in [0, 0.05) is 0 Å². The van der Waals surface area contributed by atoms with Crippen molar-refractivity contribution in [2.45, 2.75) is 11.8 Å². The monoisotopic (exact) mass is 390 g/mol. The highest BCUT2D eigenvalue weighted by atomic mass is 32.2. The summed E-state index contributed by atoms with van der Waals surface area (Å²) in [5.74, 6) is -0.491. The Labute approximate surface area is 155 Å². The van der Waals surface area contributed by atoms with E-state index in [1.54, 1.807) is 24.3 Å². The van der Waals surface area contributed by atoms with Crippen LogP contribution in [0.15, 0.2) is 64.4 Å². The largest absolute Gasteiger partial charge is 0.281 e. The van der Waals surface area contributed by atoms with Crippen LogP contribution in [0.3, 0.4) is 0 Å². The number of aryl methyl sites for hydroxylation is 1. The minimum Gasteiger partial charge on any atom is -0.267 e. The maximum Gasteiger partial charge on any atom is 0.281 e. The number of thiocarbonyl (C=S) groups is 1. The van der Waals surface area contributed by atoms with Crippen molar-refractivity contribution in [1.82, 2.24) is 9.84 Å². The molecule has 1 aliphatic rings. The number of carbonyl (C=O) groups excluding carboxylic acids is 1. The number of carbonyl (C=O) groups is 1. The number of sulfonamides is 1. The van der Waals surface area contributed by atoms with Crippen LogP contribution < -0.4 is 4.83 Å². The number of nitrogens with zero attached hydrogens (tertiary/aromatic N) is 1. The Bertz CT molecular complexity index is 952. The van der Waals surface area contributed by atoms with Crippen molar-refractivity contribution in [3.8, 4) is 0 Å². The molecular weight excluding hydrogens is 376 g/mol. The fraction of sp³-hybridized carbons (Fsp3) is 0.0588. The van der Waals surface area contributed by atoms with E-state index in [1.165, 1.54) is 12.1 Å². The summed E-state index contributed by atoms with van der Waals surface area (Å²) in [4.78, 5) is 15.2. The molecule has 0 aliphatic carbocycles. The molecule has 25 heavy (non-hydrogen) atoms. The molecule has 8 heteroatoms. The zero-order valence-corrected chi connectivity index (χ0v) is 15.6.